The molecule has 0 unspecified atom stereocenters. The second-order valence-electron chi connectivity index (χ2n) is 6.50. The summed E-state index contributed by atoms with van der Waals surface area (Å²) in [5.41, 5.74) is 1.62. The van der Waals surface area contributed by atoms with Gasteiger partial charge in [-0.2, -0.15) is 0 Å². The standard InChI is InChI=1S/C21H18N2O2S2/c1-12-13(2)27-19-18(12)20(25)23(3)21(22-19)26-11-17(24)16-9-8-14-6-4-5-7-15(14)10-16/h4-10H,11H2,1-3H3. The predicted molar refractivity (Wildman–Crippen MR) is 113 cm³/mol. The molecular weight excluding hydrogens is 376 g/mol. The Hall–Kier alpha value is -2.44. The molecule has 6 heteroatoms. The molecule has 0 spiro atoms. The molecule has 0 amide bonds. The first kappa shape index (κ1) is 17.9. The van der Waals surface area contributed by atoms with Crippen LogP contribution in [0.3, 0.4) is 0 Å². The molecule has 0 N–H and O–H groups in total. The van der Waals surface area contributed by atoms with E-state index in [9.17, 15) is 9.59 Å². The van der Waals surface area contributed by atoms with Crippen molar-refractivity contribution in [3.63, 3.8) is 0 Å². The van der Waals surface area contributed by atoms with E-state index < -0.39 is 0 Å². The number of thiophene rings is 1. The van der Waals surface area contributed by atoms with E-state index in [4.69, 9.17) is 0 Å². The fraction of sp³-hybridized carbons (Fsp3) is 0.190. The molecule has 2 heterocycles. The zero-order chi connectivity index (χ0) is 19.1. The van der Waals surface area contributed by atoms with Gasteiger partial charge in [0, 0.05) is 17.5 Å². The van der Waals surface area contributed by atoms with Crippen molar-refractivity contribution in [1.29, 1.82) is 0 Å². The molecule has 0 saturated heterocycles. The van der Waals surface area contributed by atoms with Crippen LogP contribution in [0.2, 0.25) is 0 Å². The van der Waals surface area contributed by atoms with Gasteiger partial charge in [0.25, 0.3) is 5.56 Å². The van der Waals surface area contributed by atoms with Crippen molar-refractivity contribution in [2.45, 2.75) is 19.0 Å². The molecule has 0 aliphatic heterocycles. The molecule has 0 atom stereocenters. The van der Waals surface area contributed by atoms with Crippen LogP contribution in [0.4, 0.5) is 0 Å². The smallest absolute Gasteiger partial charge is 0.262 e. The fourth-order valence-electron chi connectivity index (χ4n) is 3.06. The van der Waals surface area contributed by atoms with Gasteiger partial charge >= 0.3 is 0 Å². The topological polar surface area (TPSA) is 52.0 Å². The number of Topliss-reactive ketones (excluding diaryl/α,β-unsaturated/α-hetero) is 1. The third-order valence-electron chi connectivity index (χ3n) is 4.77. The molecule has 0 fully saturated rings. The maximum absolute atomic E-state index is 12.7. The minimum Gasteiger partial charge on any atom is -0.293 e. The Morgan fingerprint density at radius 3 is 2.67 bits per heavy atom. The van der Waals surface area contributed by atoms with Crippen molar-refractivity contribution in [1.82, 2.24) is 9.55 Å². The lowest BCUT2D eigenvalue weighted by atomic mass is 10.1. The Morgan fingerprint density at radius 1 is 1.15 bits per heavy atom. The van der Waals surface area contributed by atoms with Gasteiger partial charge in [-0.25, -0.2) is 4.98 Å². The monoisotopic (exact) mass is 394 g/mol. The molecule has 0 aliphatic carbocycles. The van der Waals surface area contributed by atoms with Crippen molar-refractivity contribution in [2.75, 3.05) is 5.75 Å². The molecule has 0 bridgehead atoms. The summed E-state index contributed by atoms with van der Waals surface area (Å²) in [4.78, 5) is 31.8. The summed E-state index contributed by atoms with van der Waals surface area (Å²) in [5, 5.41) is 3.41. The predicted octanol–water partition coefficient (Wildman–Crippen LogP) is 4.74. The number of benzene rings is 2. The second-order valence-corrected chi connectivity index (χ2v) is 8.64. The third kappa shape index (κ3) is 3.19. The molecule has 4 aromatic rings. The number of nitrogens with zero attached hydrogens (tertiary/aromatic N) is 2. The number of ketones is 1. The molecule has 4 nitrogen and oxygen atoms in total. The number of carbonyl (C=O) groups is 1. The third-order valence-corrected chi connectivity index (χ3v) is 6.90. The minimum atomic E-state index is -0.0532. The Bertz CT molecular complexity index is 1250. The zero-order valence-corrected chi connectivity index (χ0v) is 16.9. The van der Waals surface area contributed by atoms with E-state index in [1.165, 1.54) is 23.1 Å². The number of fused-ring (bicyclic) bond motifs is 2. The molecule has 136 valence electrons. The first-order chi connectivity index (χ1) is 13.0. The normalized spacial score (nSPS) is 11.4. The fourth-order valence-corrected chi connectivity index (χ4v) is 5.00. The van der Waals surface area contributed by atoms with Gasteiger partial charge in [-0.05, 0) is 36.2 Å². The van der Waals surface area contributed by atoms with Gasteiger partial charge in [0.1, 0.15) is 4.83 Å². The maximum Gasteiger partial charge on any atom is 0.262 e. The Morgan fingerprint density at radius 2 is 1.89 bits per heavy atom. The molecule has 0 saturated carbocycles. The zero-order valence-electron chi connectivity index (χ0n) is 15.3. The van der Waals surface area contributed by atoms with Crippen molar-refractivity contribution in [2.24, 2.45) is 7.05 Å². The lowest BCUT2D eigenvalue weighted by molar-refractivity contribution is 0.102. The molecule has 0 radical (unpaired) electrons. The Kier molecular flexibility index (Phi) is 4.61. The number of aromatic nitrogens is 2. The Balaban J connectivity index is 1.61. The molecule has 4 rings (SSSR count). The van der Waals surface area contributed by atoms with Crippen LogP contribution in [0.5, 0.6) is 0 Å². The maximum atomic E-state index is 12.7. The van der Waals surface area contributed by atoms with Crippen LogP contribution < -0.4 is 5.56 Å². The number of hydrogen-bond donors (Lipinski definition) is 0. The van der Waals surface area contributed by atoms with E-state index >= 15 is 0 Å². The molecule has 0 aliphatic rings. The van der Waals surface area contributed by atoms with Gasteiger partial charge in [0.05, 0.1) is 11.1 Å². The number of hydrogen-bond acceptors (Lipinski definition) is 5. The second kappa shape index (κ2) is 6.94. The summed E-state index contributed by atoms with van der Waals surface area (Å²) >= 11 is 2.83. The van der Waals surface area contributed by atoms with Gasteiger partial charge in [-0.3, -0.25) is 14.2 Å². The average molecular weight is 395 g/mol. The van der Waals surface area contributed by atoms with E-state index in [-0.39, 0.29) is 17.1 Å². The van der Waals surface area contributed by atoms with Crippen LogP contribution in [0.25, 0.3) is 21.0 Å². The average Bonchev–Trinajstić information content (AvgIpc) is 2.96. The highest BCUT2D eigenvalue weighted by Crippen LogP contribution is 2.28. The number of carbonyl (C=O) groups excluding carboxylic acids is 1. The summed E-state index contributed by atoms with van der Waals surface area (Å²) in [5.74, 6) is 0.270. The lowest BCUT2D eigenvalue weighted by Crippen LogP contribution is -2.20. The van der Waals surface area contributed by atoms with Crippen LogP contribution in [-0.2, 0) is 7.05 Å². The summed E-state index contributed by atoms with van der Waals surface area (Å²) in [6.45, 7) is 3.95. The number of aryl methyl sites for hydroxylation is 2. The van der Waals surface area contributed by atoms with Crippen molar-refractivity contribution in [3.8, 4) is 0 Å². The summed E-state index contributed by atoms with van der Waals surface area (Å²) in [7, 11) is 1.71. The van der Waals surface area contributed by atoms with Crippen LogP contribution in [0.1, 0.15) is 20.8 Å². The van der Waals surface area contributed by atoms with Gasteiger partial charge in [0.15, 0.2) is 10.9 Å². The molecular formula is C21H18N2O2S2. The summed E-state index contributed by atoms with van der Waals surface area (Å²) < 4.78 is 1.54. The highest BCUT2D eigenvalue weighted by molar-refractivity contribution is 7.99. The van der Waals surface area contributed by atoms with E-state index in [0.29, 0.717) is 16.1 Å². The lowest BCUT2D eigenvalue weighted by Gasteiger charge is -2.07. The van der Waals surface area contributed by atoms with Crippen LogP contribution in [-0.4, -0.2) is 21.1 Å². The van der Waals surface area contributed by atoms with Crippen LogP contribution >= 0.6 is 23.1 Å². The van der Waals surface area contributed by atoms with E-state index in [2.05, 4.69) is 4.98 Å². The van der Waals surface area contributed by atoms with Crippen molar-refractivity contribution in [3.05, 3.63) is 68.8 Å². The minimum absolute atomic E-state index is 0.0265. The van der Waals surface area contributed by atoms with Gasteiger partial charge in [-0.1, -0.05) is 48.2 Å². The first-order valence-electron chi connectivity index (χ1n) is 8.57. The SMILES string of the molecule is Cc1sc2nc(SCC(=O)c3ccc4ccccc4c3)n(C)c(=O)c2c1C. The van der Waals surface area contributed by atoms with Crippen molar-refractivity contribution >= 4 is 49.9 Å². The van der Waals surface area contributed by atoms with Gasteiger partial charge < -0.3 is 0 Å². The quantitative estimate of drug-likeness (QED) is 0.285. The van der Waals surface area contributed by atoms with E-state index in [1.807, 2.05) is 56.3 Å². The van der Waals surface area contributed by atoms with E-state index in [1.54, 1.807) is 11.6 Å². The van der Waals surface area contributed by atoms with Gasteiger partial charge in [-0.15, -0.1) is 11.3 Å². The summed E-state index contributed by atoms with van der Waals surface area (Å²) in [6.07, 6.45) is 0. The number of rotatable bonds is 4. The number of thioether (sulfide) groups is 1. The molecule has 2 aromatic heterocycles. The van der Waals surface area contributed by atoms with Crippen LogP contribution in [0.15, 0.2) is 52.4 Å². The highest BCUT2D eigenvalue weighted by atomic mass is 32.2. The first-order valence-corrected chi connectivity index (χ1v) is 10.4. The van der Waals surface area contributed by atoms with Gasteiger partial charge in [0.2, 0.25) is 0 Å². The molecule has 2 aromatic carbocycles. The summed E-state index contributed by atoms with van der Waals surface area (Å²) in [6, 6.07) is 13.7. The molecule has 27 heavy (non-hydrogen) atoms. The Labute approximate surface area is 164 Å². The highest BCUT2D eigenvalue weighted by Gasteiger charge is 2.16. The van der Waals surface area contributed by atoms with E-state index in [0.717, 1.165) is 26.0 Å². The van der Waals surface area contributed by atoms with Crippen LogP contribution in [0, 0.1) is 13.8 Å². The van der Waals surface area contributed by atoms with Crippen molar-refractivity contribution < 1.29 is 4.79 Å². The largest absolute Gasteiger partial charge is 0.293 e.